The number of anilines is 1. The Morgan fingerprint density at radius 1 is 1.40 bits per heavy atom. The average Bonchev–Trinajstić information content (AvgIpc) is 3.23. The maximum Gasteiger partial charge on any atom is 0.234 e. The SMILES string of the molecule is CC1CCn2nccc2N1C(=O)Cc1csc(-c2cccc(F)c2)n1. The van der Waals surface area contributed by atoms with E-state index in [4.69, 9.17) is 0 Å². The van der Waals surface area contributed by atoms with Crippen molar-refractivity contribution in [2.45, 2.75) is 32.4 Å². The van der Waals surface area contributed by atoms with Crippen molar-refractivity contribution in [3.8, 4) is 10.6 Å². The lowest BCUT2D eigenvalue weighted by Gasteiger charge is -2.33. The summed E-state index contributed by atoms with van der Waals surface area (Å²) < 4.78 is 15.2. The molecular formula is C18H17FN4OS. The fourth-order valence-corrected chi connectivity index (χ4v) is 3.94. The molecule has 4 rings (SSSR count). The first-order chi connectivity index (χ1) is 12.1. The van der Waals surface area contributed by atoms with Crippen molar-refractivity contribution in [1.29, 1.82) is 0 Å². The smallest absolute Gasteiger partial charge is 0.234 e. The summed E-state index contributed by atoms with van der Waals surface area (Å²) in [5.41, 5.74) is 1.44. The summed E-state index contributed by atoms with van der Waals surface area (Å²) in [6.07, 6.45) is 2.83. The summed E-state index contributed by atoms with van der Waals surface area (Å²) in [5, 5.41) is 6.84. The van der Waals surface area contributed by atoms with Gasteiger partial charge in [-0.2, -0.15) is 5.10 Å². The molecule has 1 amide bonds. The largest absolute Gasteiger partial charge is 0.294 e. The molecular weight excluding hydrogens is 339 g/mol. The summed E-state index contributed by atoms with van der Waals surface area (Å²) in [7, 11) is 0. The third kappa shape index (κ3) is 3.07. The first kappa shape index (κ1) is 16.0. The van der Waals surface area contributed by atoms with Gasteiger partial charge in [0.2, 0.25) is 5.91 Å². The van der Waals surface area contributed by atoms with Crippen LogP contribution in [-0.4, -0.2) is 26.7 Å². The zero-order chi connectivity index (χ0) is 17.4. The van der Waals surface area contributed by atoms with Crippen LogP contribution in [0.25, 0.3) is 10.6 Å². The highest BCUT2D eigenvalue weighted by atomic mass is 32.1. The van der Waals surface area contributed by atoms with Crippen LogP contribution in [0.2, 0.25) is 0 Å². The van der Waals surface area contributed by atoms with Gasteiger partial charge in [0.25, 0.3) is 0 Å². The van der Waals surface area contributed by atoms with Crippen LogP contribution in [0.1, 0.15) is 19.0 Å². The van der Waals surface area contributed by atoms with Gasteiger partial charge >= 0.3 is 0 Å². The van der Waals surface area contributed by atoms with Crippen LogP contribution in [0.5, 0.6) is 0 Å². The van der Waals surface area contributed by atoms with Gasteiger partial charge in [0.15, 0.2) is 0 Å². The number of rotatable bonds is 3. The van der Waals surface area contributed by atoms with E-state index in [2.05, 4.69) is 10.1 Å². The number of thiazole rings is 1. The van der Waals surface area contributed by atoms with Crippen LogP contribution < -0.4 is 4.90 Å². The molecule has 1 aromatic carbocycles. The molecule has 0 saturated heterocycles. The van der Waals surface area contributed by atoms with Gasteiger partial charge in [0.05, 0.1) is 18.3 Å². The lowest BCUT2D eigenvalue weighted by atomic mass is 10.1. The van der Waals surface area contributed by atoms with E-state index in [9.17, 15) is 9.18 Å². The second-order valence-corrected chi connectivity index (χ2v) is 7.00. The second kappa shape index (κ2) is 6.40. The van der Waals surface area contributed by atoms with Gasteiger partial charge in [-0.1, -0.05) is 12.1 Å². The second-order valence-electron chi connectivity index (χ2n) is 6.15. The number of carbonyl (C=O) groups excluding carboxylic acids is 1. The summed E-state index contributed by atoms with van der Waals surface area (Å²) in [6, 6.07) is 8.34. The first-order valence-corrected chi connectivity index (χ1v) is 9.04. The summed E-state index contributed by atoms with van der Waals surface area (Å²) >= 11 is 1.42. The quantitative estimate of drug-likeness (QED) is 0.722. The Hall–Kier alpha value is -2.54. The van der Waals surface area contributed by atoms with Gasteiger partial charge in [-0.25, -0.2) is 14.1 Å². The molecule has 0 saturated carbocycles. The summed E-state index contributed by atoms with van der Waals surface area (Å²) in [4.78, 5) is 19.1. The maximum absolute atomic E-state index is 13.4. The minimum atomic E-state index is -0.291. The molecule has 25 heavy (non-hydrogen) atoms. The van der Waals surface area contributed by atoms with E-state index >= 15 is 0 Å². The van der Waals surface area contributed by atoms with Crippen molar-refractivity contribution >= 4 is 23.1 Å². The first-order valence-electron chi connectivity index (χ1n) is 8.16. The molecule has 7 heteroatoms. The van der Waals surface area contributed by atoms with Crippen molar-refractivity contribution in [2.24, 2.45) is 0 Å². The zero-order valence-corrected chi connectivity index (χ0v) is 14.5. The standard InChI is InChI=1S/C18H17FN4OS/c1-12-6-8-22-16(5-7-20-22)23(12)17(24)10-15-11-25-18(21-15)13-3-2-4-14(19)9-13/h2-5,7,9,11-12H,6,8,10H2,1H3. The topological polar surface area (TPSA) is 51.0 Å². The molecule has 0 bridgehead atoms. The Bertz CT molecular complexity index is 919. The molecule has 0 N–H and O–H groups in total. The van der Waals surface area contributed by atoms with Crippen molar-refractivity contribution in [1.82, 2.24) is 14.8 Å². The molecule has 128 valence electrons. The molecule has 5 nitrogen and oxygen atoms in total. The van der Waals surface area contributed by atoms with Gasteiger partial charge in [0.1, 0.15) is 16.6 Å². The monoisotopic (exact) mass is 356 g/mol. The minimum Gasteiger partial charge on any atom is -0.294 e. The number of benzene rings is 1. The average molecular weight is 356 g/mol. The molecule has 1 unspecified atom stereocenters. The predicted octanol–water partition coefficient (Wildman–Crippen LogP) is 3.51. The van der Waals surface area contributed by atoms with Crippen LogP contribution in [-0.2, 0) is 17.8 Å². The Labute approximate surface area is 148 Å². The van der Waals surface area contributed by atoms with Crippen LogP contribution in [0.15, 0.2) is 41.9 Å². The van der Waals surface area contributed by atoms with Crippen molar-refractivity contribution in [3.63, 3.8) is 0 Å². The highest BCUT2D eigenvalue weighted by Crippen LogP contribution is 2.27. The Kier molecular flexibility index (Phi) is 4.09. The Morgan fingerprint density at radius 3 is 3.12 bits per heavy atom. The molecule has 0 fully saturated rings. The molecule has 2 aromatic heterocycles. The number of nitrogens with zero attached hydrogens (tertiary/aromatic N) is 4. The number of aryl methyl sites for hydroxylation is 1. The van der Waals surface area contributed by atoms with Crippen molar-refractivity contribution in [2.75, 3.05) is 4.90 Å². The van der Waals surface area contributed by atoms with Gasteiger partial charge in [-0.3, -0.25) is 9.69 Å². The molecule has 1 atom stereocenters. The van der Waals surface area contributed by atoms with Crippen molar-refractivity contribution < 1.29 is 9.18 Å². The Morgan fingerprint density at radius 2 is 2.28 bits per heavy atom. The van der Waals surface area contributed by atoms with Crippen molar-refractivity contribution in [3.05, 3.63) is 53.4 Å². The molecule has 1 aliphatic heterocycles. The lowest BCUT2D eigenvalue weighted by molar-refractivity contribution is -0.118. The van der Waals surface area contributed by atoms with Gasteiger partial charge in [-0.15, -0.1) is 11.3 Å². The molecule has 0 spiro atoms. The van der Waals surface area contributed by atoms with Gasteiger partial charge in [-0.05, 0) is 25.5 Å². The lowest BCUT2D eigenvalue weighted by Crippen LogP contribution is -2.44. The maximum atomic E-state index is 13.4. The van der Waals surface area contributed by atoms with E-state index in [0.717, 1.165) is 29.4 Å². The van der Waals surface area contributed by atoms with E-state index in [-0.39, 0.29) is 24.2 Å². The minimum absolute atomic E-state index is 0.00467. The number of halogens is 1. The number of carbonyl (C=O) groups is 1. The van der Waals surface area contributed by atoms with Crippen LogP contribution >= 0.6 is 11.3 Å². The Balaban J connectivity index is 1.54. The molecule has 0 aliphatic carbocycles. The molecule has 0 radical (unpaired) electrons. The van der Waals surface area contributed by atoms with Gasteiger partial charge < -0.3 is 0 Å². The van der Waals surface area contributed by atoms with Gasteiger partial charge in [0, 0.05) is 29.6 Å². The van der Waals surface area contributed by atoms with E-state index in [1.807, 2.05) is 29.1 Å². The fourth-order valence-electron chi connectivity index (χ4n) is 3.12. The molecule has 1 aliphatic rings. The van der Waals surface area contributed by atoms with Crippen LogP contribution in [0.3, 0.4) is 0 Å². The summed E-state index contributed by atoms with van der Waals surface area (Å²) in [6.45, 7) is 2.88. The molecule has 3 heterocycles. The number of hydrogen-bond acceptors (Lipinski definition) is 4. The number of aromatic nitrogens is 3. The number of fused-ring (bicyclic) bond motifs is 1. The van der Waals surface area contributed by atoms with Crippen LogP contribution in [0, 0.1) is 5.82 Å². The normalized spacial score (nSPS) is 16.7. The van der Waals surface area contributed by atoms with Crippen LogP contribution in [0.4, 0.5) is 10.2 Å². The van der Waals surface area contributed by atoms with E-state index in [1.165, 1.54) is 23.5 Å². The predicted molar refractivity (Wildman–Crippen MR) is 95.0 cm³/mol. The van der Waals surface area contributed by atoms with E-state index in [1.54, 1.807) is 17.2 Å². The number of hydrogen-bond donors (Lipinski definition) is 0. The van der Waals surface area contributed by atoms with E-state index < -0.39 is 0 Å². The highest BCUT2D eigenvalue weighted by Gasteiger charge is 2.29. The number of amides is 1. The summed E-state index contributed by atoms with van der Waals surface area (Å²) in [5.74, 6) is 0.551. The van der Waals surface area contributed by atoms with E-state index in [0.29, 0.717) is 5.69 Å². The zero-order valence-electron chi connectivity index (χ0n) is 13.7. The molecule has 3 aromatic rings. The third-order valence-electron chi connectivity index (χ3n) is 4.36. The highest BCUT2D eigenvalue weighted by molar-refractivity contribution is 7.13. The fraction of sp³-hybridized carbons (Fsp3) is 0.278. The third-order valence-corrected chi connectivity index (χ3v) is 5.30.